The molecule has 0 saturated carbocycles. The fraction of sp³-hybridized carbons (Fsp3) is 0.118. The lowest BCUT2D eigenvalue weighted by molar-refractivity contribution is 0.362. The van der Waals surface area contributed by atoms with Gasteiger partial charge in [0.15, 0.2) is 0 Å². The normalized spacial score (nSPS) is 13.4. The van der Waals surface area contributed by atoms with Gasteiger partial charge in [0.1, 0.15) is 23.9 Å². The number of benzene rings is 2. The number of allylic oxidation sites excluding steroid dienone is 1. The van der Waals surface area contributed by atoms with Gasteiger partial charge in [0.05, 0.1) is 11.6 Å². The van der Waals surface area contributed by atoms with Crippen LogP contribution in [0.2, 0.25) is 0 Å². The molecule has 0 radical (unpaired) electrons. The molecule has 21 heavy (non-hydrogen) atoms. The number of hydrogen-bond acceptors (Lipinski definition) is 3. The molecule has 0 spiro atoms. The molecule has 3 rings (SSSR count). The monoisotopic (exact) mass is 281 g/mol. The van der Waals surface area contributed by atoms with Gasteiger partial charge in [0.25, 0.3) is 0 Å². The minimum Gasteiger partial charge on any atom is -0.508 e. The van der Waals surface area contributed by atoms with E-state index in [1.807, 2.05) is 13.0 Å². The van der Waals surface area contributed by atoms with Crippen LogP contribution in [0, 0.1) is 17.1 Å². The van der Waals surface area contributed by atoms with E-state index >= 15 is 0 Å². The second-order valence-electron chi connectivity index (χ2n) is 4.88. The van der Waals surface area contributed by atoms with Gasteiger partial charge in [-0.05, 0) is 48.9 Å². The summed E-state index contributed by atoms with van der Waals surface area (Å²) in [6.07, 6.45) is 0. The summed E-state index contributed by atoms with van der Waals surface area (Å²) in [6, 6.07) is 11.1. The molecule has 0 aromatic heterocycles. The average Bonchev–Trinajstić information content (AvgIpc) is 2.49. The number of hydrogen-bond donors (Lipinski definition) is 1. The maximum absolute atomic E-state index is 14.1. The molecule has 0 saturated heterocycles. The molecular formula is C17H12FNO2. The fourth-order valence-corrected chi connectivity index (χ4v) is 2.46. The zero-order valence-corrected chi connectivity index (χ0v) is 11.4. The molecule has 0 fully saturated rings. The smallest absolute Gasteiger partial charge is 0.130 e. The largest absolute Gasteiger partial charge is 0.508 e. The van der Waals surface area contributed by atoms with Gasteiger partial charge in [-0.2, -0.15) is 5.26 Å². The number of ether oxygens (including phenoxy) is 1. The van der Waals surface area contributed by atoms with Crippen molar-refractivity contribution in [3.63, 3.8) is 0 Å². The third-order valence-electron chi connectivity index (χ3n) is 3.61. The highest BCUT2D eigenvalue weighted by Crippen LogP contribution is 2.39. The lowest BCUT2D eigenvalue weighted by atomic mass is 9.92. The van der Waals surface area contributed by atoms with E-state index in [0.29, 0.717) is 22.4 Å². The maximum atomic E-state index is 14.1. The van der Waals surface area contributed by atoms with Gasteiger partial charge in [0, 0.05) is 16.7 Å². The van der Waals surface area contributed by atoms with Gasteiger partial charge in [-0.3, -0.25) is 0 Å². The first-order chi connectivity index (χ1) is 10.1. The number of nitriles is 1. The van der Waals surface area contributed by atoms with Crippen molar-refractivity contribution in [1.29, 1.82) is 5.26 Å². The predicted octanol–water partition coefficient (Wildman–Crippen LogP) is 3.73. The van der Waals surface area contributed by atoms with Crippen molar-refractivity contribution >= 4 is 11.1 Å². The van der Waals surface area contributed by atoms with Gasteiger partial charge in [-0.15, -0.1) is 0 Å². The minimum absolute atomic E-state index is 0.129. The number of nitrogens with zero attached hydrogens (tertiary/aromatic N) is 1. The summed E-state index contributed by atoms with van der Waals surface area (Å²) in [4.78, 5) is 0. The number of phenols is 1. The Morgan fingerprint density at radius 1 is 1.19 bits per heavy atom. The van der Waals surface area contributed by atoms with E-state index in [2.05, 4.69) is 0 Å². The highest BCUT2D eigenvalue weighted by Gasteiger charge is 2.21. The molecule has 0 bridgehead atoms. The van der Waals surface area contributed by atoms with Crippen molar-refractivity contribution in [2.75, 3.05) is 6.61 Å². The van der Waals surface area contributed by atoms with Crippen LogP contribution in [0.3, 0.4) is 0 Å². The number of rotatable bonds is 1. The minimum atomic E-state index is -0.393. The van der Waals surface area contributed by atoms with E-state index in [1.54, 1.807) is 18.2 Å². The van der Waals surface area contributed by atoms with Crippen molar-refractivity contribution in [2.45, 2.75) is 6.92 Å². The summed E-state index contributed by atoms with van der Waals surface area (Å²) in [5.74, 6) is 0.394. The average molecular weight is 281 g/mol. The van der Waals surface area contributed by atoms with Gasteiger partial charge in [-0.25, -0.2) is 4.39 Å². The van der Waals surface area contributed by atoms with E-state index in [4.69, 9.17) is 10.00 Å². The second-order valence-corrected chi connectivity index (χ2v) is 4.88. The highest BCUT2D eigenvalue weighted by molar-refractivity contribution is 5.94. The Kier molecular flexibility index (Phi) is 3.11. The van der Waals surface area contributed by atoms with E-state index in [1.165, 1.54) is 18.2 Å². The third kappa shape index (κ3) is 2.23. The predicted molar refractivity (Wildman–Crippen MR) is 77.2 cm³/mol. The first-order valence-electron chi connectivity index (χ1n) is 6.46. The summed E-state index contributed by atoms with van der Waals surface area (Å²) in [7, 11) is 0. The van der Waals surface area contributed by atoms with Crippen LogP contribution >= 0.6 is 0 Å². The van der Waals surface area contributed by atoms with Crippen molar-refractivity contribution in [3.05, 3.63) is 58.9 Å². The van der Waals surface area contributed by atoms with Gasteiger partial charge < -0.3 is 9.84 Å². The Morgan fingerprint density at radius 2 is 2.00 bits per heavy atom. The van der Waals surface area contributed by atoms with Crippen molar-refractivity contribution in [2.24, 2.45) is 0 Å². The lowest BCUT2D eigenvalue weighted by Crippen LogP contribution is -2.10. The summed E-state index contributed by atoms with van der Waals surface area (Å²) in [6.45, 7) is 2.09. The molecule has 1 N–H and O–H groups in total. The summed E-state index contributed by atoms with van der Waals surface area (Å²) >= 11 is 0. The van der Waals surface area contributed by atoms with Gasteiger partial charge >= 0.3 is 0 Å². The second kappa shape index (κ2) is 4.95. The number of aromatic hydroxyl groups is 1. The topological polar surface area (TPSA) is 53.2 Å². The molecule has 0 amide bonds. The van der Waals surface area contributed by atoms with Crippen LogP contribution in [-0.2, 0) is 0 Å². The molecule has 1 aliphatic heterocycles. The van der Waals surface area contributed by atoms with Crippen LogP contribution in [0.15, 0.2) is 36.4 Å². The Balaban J connectivity index is 2.20. The molecule has 0 unspecified atom stereocenters. The maximum Gasteiger partial charge on any atom is 0.130 e. The molecule has 2 aromatic rings. The molecule has 1 heterocycles. The Hall–Kier alpha value is -2.80. The highest BCUT2D eigenvalue weighted by atomic mass is 19.1. The zero-order valence-electron chi connectivity index (χ0n) is 11.4. The van der Waals surface area contributed by atoms with Crippen LogP contribution in [0.25, 0.3) is 11.1 Å². The van der Waals surface area contributed by atoms with E-state index < -0.39 is 5.82 Å². The molecule has 3 nitrogen and oxygen atoms in total. The van der Waals surface area contributed by atoms with Crippen molar-refractivity contribution in [3.8, 4) is 17.6 Å². The Bertz CT molecular complexity index is 803. The molecule has 0 aliphatic carbocycles. The lowest BCUT2D eigenvalue weighted by Gasteiger charge is -2.23. The summed E-state index contributed by atoms with van der Waals surface area (Å²) in [5.41, 5.74) is 3.01. The van der Waals surface area contributed by atoms with Crippen LogP contribution in [0.1, 0.15) is 23.6 Å². The van der Waals surface area contributed by atoms with Crippen LogP contribution in [-0.4, -0.2) is 11.7 Å². The van der Waals surface area contributed by atoms with Crippen LogP contribution in [0.5, 0.6) is 11.5 Å². The zero-order chi connectivity index (χ0) is 15.0. The molecule has 2 aromatic carbocycles. The standard InChI is InChI=1S/C17H12FNO2/c1-10-13-7-12(20)3-5-17(13)21-9-15(10)14-6-11(8-19)2-4-16(14)18/h2-7,20H,9H2,1H3. The van der Waals surface area contributed by atoms with Crippen molar-refractivity contribution in [1.82, 2.24) is 0 Å². The molecule has 1 aliphatic rings. The van der Waals surface area contributed by atoms with E-state index in [9.17, 15) is 9.50 Å². The van der Waals surface area contributed by atoms with Gasteiger partial charge in [-0.1, -0.05) is 0 Å². The SMILES string of the molecule is CC1=C(c2cc(C#N)ccc2F)COc2ccc(O)cc21. The third-order valence-corrected chi connectivity index (χ3v) is 3.61. The number of halogens is 1. The summed E-state index contributed by atoms with van der Waals surface area (Å²) < 4.78 is 19.7. The first-order valence-corrected chi connectivity index (χ1v) is 6.46. The fourth-order valence-electron chi connectivity index (χ4n) is 2.46. The van der Waals surface area contributed by atoms with E-state index in [0.717, 1.165) is 11.1 Å². The molecular weight excluding hydrogens is 269 g/mol. The molecule has 0 atom stereocenters. The van der Waals surface area contributed by atoms with Crippen LogP contribution in [0.4, 0.5) is 4.39 Å². The van der Waals surface area contributed by atoms with Crippen molar-refractivity contribution < 1.29 is 14.2 Å². The molecule has 4 heteroatoms. The van der Waals surface area contributed by atoms with Gasteiger partial charge in [0.2, 0.25) is 0 Å². The van der Waals surface area contributed by atoms with Crippen LogP contribution < -0.4 is 4.74 Å². The molecule has 104 valence electrons. The first kappa shape index (κ1) is 13.2. The summed E-state index contributed by atoms with van der Waals surface area (Å²) in [5, 5.41) is 18.6. The van der Waals surface area contributed by atoms with E-state index in [-0.39, 0.29) is 12.4 Å². The number of phenolic OH excluding ortho intramolecular Hbond substituents is 1. The Morgan fingerprint density at radius 3 is 2.76 bits per heavy atom. The number of fused-ring (bicyclic) bond motifs is 1. The Labute approximate surface area is 121 Å². The quantitative estimate of drug-likeness (QED) is 0.866.